The van der Waals surface area contributed by atoms with Gasteiger partial charge < -0.3 is 10.2 Å². The summed E-state index contributed by atoms with van der Waals surface area (Å²) in [5.41, 5.74) is 2.87. The van der Waals surface area contributed by atoms with Gasteiger partial charge in [0, 0.05) is 12.4 Å². The number of rotatable bonds is 3. The number of nitrogens with one attached hydrogen (secondary N) is 1. The lowest BCUT2D eigenvalue weighted by Crippen LogP contribution is -2.35. The summed E-state index contributed by atoms with van der Waals surface area (Å²) in [4.78, 5) is 10.9. The fourth-order valence-electron chi connectivity index (χ4n) is 0.835. The molecule has 0 aromatic carbocycles. The second-order valence-electron chi connectivity index (χ2n) is 2.26. The van der Waals surface area contributed by atoms with Gasteiger partial charge in [-0.05, 0) is 19.1 Å². The zero-order valence-electron chi connectivity index (χ0n) is 6.99. The highest BCUT2D eigenvalue weighted by Crippen LogP contribution is 1.92. The number of esters is 1. The van der Waals surface area contributed by atoms with E-state index in [1.807, 2.05) is 12.2 Å². The van der Waals surface area contributed by atoms with Crippen molar-refractivity contribution in [1.82, 2.24) is 10.4 Å². The molecule has 0 fully saturated rings. The Bertz CT molecular complexity index is 211. The summed E-state index contributed by atoms with van der Waals surface area (Å²) < 4.78 is 4.77. The van der Waals surface area contributed by atoms with Crippen LogP contribution in [0, 0.1) is 0 Å². The van der Waals surface area contributed by atoms with Gasteiger partial charge in [-0.25, -0.2) is 0 Å². The van der Waals surface area contributed by atoms with Crippen LogP contribution >= 0.6 is 0 Å². The Labute approximate surface area is 71.5 Å². The summed E-state index contributed by atoms with van der Waals surface area (Å²) in [7, 11) is 0. The van der Waals surface area contributed by atoms with Crippen LogP contribution in [-0.2, 0) is 9.53 Å². The van der Waals surface area contributed by atoms with E-state index in [1.165, 1.54) is 0 Å². The summed E-state index contributed by atoms with van der Waals surface area (Å²) in [6.07, 6.45) is 7.22. The summed E-state index contributed by atoms with van der Waals surface area (Å²) in [5, 5.41) is 1.65. The van der Waals surface area contributed by atoms with Crippen LogP contribution in [0.4, 0.5) is 0 Å². The van der Waals surface area contributed by atoms with Crippen LogP contribution in [0.25, 0.3) is 0 Å². The monoisotopic (exact) mass is 168 g/mol. The fraction of sp³-hybridized carbons (Fsp3) is 0.375. The number of carbonyl (C=O) groups excluding carboxylic acids is 1. The standard InChI is InChI=1S/C8H12N2O2/c1-2-12-8(11)7-10-6-4-3-5-9-10/h3-6,9H,2,7H2,1H3. The Morgan fingerprint density at radius 2 is 2.42 bits per heavy atom. The van der Waals surface area contributed by atoms with Crippen molar-refractivity contribution in [3.8, 4) is 0 Å². The molecule has 0 radical (unpaired) electrons. The average molecular weight is 168 g/mol. The van der Waals surface area contributed by atoms with Crippen molar-refractivity contribution in [2.75, 3.05) is 13.2 Å². The fourth-order valence-corrected chi connectivity index (χ4v) is 0.835. The third-order valence-electron chi connectivity index (χ3n) is 1.32. The average Bonchev–Trinajstić information content (AvgIpc) is 2.06. The van der Waals surface area contributed by atoms with Crippen molar-refractivity contribution in [3.63, 3.8) is 0 Å². The Kier molecular flexibility index (Phi) is 3.19. The molecule has 0 bridgehead atoms. The first-order valence-electron chi connectivity index (χ1n) is 3.84. The molecule has 12 heavy (non-hydrogen) atoms. The van der Waals surface area contributed by atoms with Gasteiger partial charge in [0.15, 0.2) is 0 Å². The van der Waals surface area contributed by atoms with Crippen LogP contribution < -0.4 is 5.43 Å². The molecule has 0 unspecified atom stereocenters. The van der Waals surface area contributed by atoms with Gasteiger partial charge in [0.05, 0.1) is 6.61 Å². The maximum absolute atomic E-state index is 10.9. The van der Waals surface area contributed by atoms with Gasteiger partial charge in [-0.1, -0.05) is 0 Å². The predicted octanol–water partition coefficient (Wildman–Crippen LogP) is 0.397. The molecule has 4 heteroatoms. The normalized spacial score (nSPS) is 14.2. The van der Waals surface area contributed by atoms with E-state index in [0.29, 0.717) is 6.61 Å². The van der Waals surface area contributed by atoms with Crippen molar-refractivity contribution in [2.24, 2.45) is 0 Å². The molecule has 1 N–H and O–H groups in total. The molecule has 1 aliphatic rings. The second-order valence-corrected chi connectivity index (χ2v) is 2.26. The molecule has 0 saturated carbocycles. The summed E-state index contributed by atoms with van der Waals surface area (Å²) in [5.74, 6) is -0.232. The van der Waals surface area contributed by atoms with Gasteiger partial charge in [0.1, 0.15) is 6.54 Å². The van der Waals surface area contributed by atoms with E-state index in [1.54, 1.807) is 24.3 Å². The first-order valence-corrected chi connectivity index (χ1v) is 3.84. The highest BCUT2D eigenvalue weighted by molar-refractivity contribution is 5.71. The van der Waals surface area contributed by atoms with Crippen molar-refractivity contribution in [2.45, 2.75) is 6.92 Å². The van der Waals surface area contributed by atoms with Gasteiger partial charge in [-0.3, -0.25) is 9.80 Å². The summed E-state index contributed by atoms with van der Waals surface area (Å²) in [6.45, 7) is 2.44. The quantitative estimate of drug-likeness (QED) is 0.619. The number of carbonyl (C=O) groups is 1. The topological polar surface area (TPSA) is 41.6 Å². The SMILES string of the molecule is CCOC(=O)CN1C=CC=CN1. The number of hydrazine groups is 1. The van der Waals surface area contributed by atoms with Crippen LogP contribution in [0.3, 0.4) is 0 Å². The van der Waals surface area contributed by atoms with Crippen LogP contribution in [-0.4, -0.2) is 24.1 Å². The molecule has 0 amide bonds. The summed E-state index contributed by atoms with van der Waals surface area (Å²) in [6, 6.07) is 0. The van der Waals surface area contributed by atoms with E-state index in [4.69, 9.17) is 4.74 Å². The minimum Gasteiger partial charge on any atom is -0.465 e. The molecule has 0 aliphatic carbocycles. The van der Waals surface area contributed by atoms with Crippen molar-refractivity contribution >= 4 is 5.97 Å². The Morgan fingerprint density at radius 1 is 1.58 bits per heavy atom. The van der Waals surface area contributed by atoms with Gasteiger partial charge in [0.2, 0.25) is 0 Å². The van der Waals surface area contributed by atoms with Crippen molar-refractivity contribution in [1.29, 1.82) is 0 Å². The van der Waals surface area contributed by atoms with Gasteiger partial charge in [-0.2, -0.15) is 0 Å². The van der Waals surface area contributed by atoms with E-state index in [0.717, 1.165) is 0 Å². The third kappa shape index (κ3) is 2.65. The van der Waals surface area contributed by atoms with E-state index >= 15 is 0 Å². The van der Waals surface area contributed by atoms with Crippen LogP contribution in [0.2, 0.25) is 0 Å². The highest BCUT2D eigenvalue weighted by atomic mass is 16.5. The first-order chi connectivity index (χ1) is 5.83. The lowest BCUT2D eigenvalue weighted by molar-refractivity contribution is -0.144. The zero-order chi connectivity index (χ0) is 8.81. The van der Waals surface area contributed by atoms with Gasteiger partial charge in [0.25, 0.3) is 0 Å². The number of allylic oxidation sites excluding steroid dienone is 2. The zero-order valence-corrected chi connectivity index (χ0v) is 6.99. The Hall–Kier alpha value is -1.45. The van der Waals surface area contributed by atoms with Crippen LogP contribution in [0.1, 0.15) is 6.92 Å². The largest absolute Gasteiger partial charge is 0.465 e. The maximum Gasteiger partial charge on any atom is 0.327 e. The molecule has 0 spiro atoms. The minimum atomic E-state index is -0.232. The maximum atomic E-state index is 10.9. The van der Waals surface area contributed by atoms with Crippen LogP contribution in [0.15, 0.2) is 24.6 Å². The molecule has 0 aromatic heterocycles. The van der Waals surface area contributed by atoms with Gasteiger partial charge in [-0.15, -0.1) is 0 Å². The second kappa shape index (κ2) is 4.43. The third-order valence-corrected chi connectivity index (χ3v) is 1.32. The highest BCUT2D eigenvalue weighted by Gasteiger charge is 2.06. The van der Waals surface area contributed by atoms with E-state index in [-0.39, 0.29) is 12.5 Å². The van der Waals surface area contributed by atoms with Gasteiger partial charge >= 0.3 is 5.97 Å². The smallest absolute Gasteiger partial charge is 0.327 e. The molecular formula is C8H12N2O2. The molecule has 1 heterocycles. The lowest BCUT2D eigenvalue weighted by Gasteiger charge is -2.20. The molecule has 66 valence electrons. The molecule has 0 atom stereocenters. The number of hydrogen-bond donors (Lipinski definition) is 1. The number of nitrogens with zero attached hydrogens (tertiary/aromatic N) is 1. The molecule has 4 nitrogen and oxygen atoms in total. The lowest BCUT2D eigenvalue weighted by atomic mass is 10.5. The molecule has 0 aromatic rings. The van der Waals surface area contributed by atoms with Crippen molar-refractivity contribution < 1.29 is 9.53 Å². The first kappa shape index (κ1) is 8.64. The van der Waals surface area contributed by atoms with E-state index in [2.05, 4.69) is 5.43 Å². The number of ether oxygens (including phenoxy) is 1. The molecule has 1 rings (SSSR count). The Morgan fingerprint density at radius 3 is 3.00 bits per heavy atom. The van der Waals surface area contributed by atoms with Crippen LogP contribution in [0.5, 0.6) is 0 Å². The minimum absolute atomic E-state index is 0.231. The van der Waals surface area contributed by atoms with E-state index in [9.17, 15) is 4.79 Å². The molecule has 0 saturated heterocycles. The number of hydrogen-bond acceptors (Lipinski definition) is 4. The van der Waals surface area contributed by atoms with E-state index < -0.39 is 0 Å². The molecular weight excluding hydrogens is 156 g/mol. The van der Waals surface area contributed by atoms with Crippen molar-refractivity contribution in [3.05, 3.63) is 24.6 Å². The Balaban J connectivity index is 2.27. The molecule has 1 aliphatic heterocycles. The summed E-state index contributed by atoms with van der Waals surface area (Å²) >= 11 is 0. The predicted molar refractivity (Wildman–Crippen MR) is 44.8 cm³/mol.